The second-order valence-electron chi connectivity index (χ2n) is 8.39. The Bertz CT molecular complexity index is 914. The number of aromatic hydroxyl groups is 1. The zero-order chi connectivity index (χ0) is 24.9. The molecule has 0 saturated carbocycles. The van der Waals surface area contributed by atoms with Crippen LogP contribution in [0.15, 0.2) is 54.6 Å². The summed E-state index contributed by atoms with van der Waals surface area (Å²) in [7, 11) is 0. The fourth-order valence-electron chi connectivity index (χ4n) is 3.90. The molecule has 0 unspecified atom stereocenters. The topological polar surface area (TPSA) is 118 Å². The molecule has 1 fully saturated rings. The molecule has 1 aliphatic rings. The van der Waals surface area contributed by atoms with Gasteiger partial charge in [-0.2, -0.15) is 0 Å². The van der Waals surface area contributed by atoms with Gasteiger partial charge in [0.25, 0.3) is 0 Å². The van der Waals surface area contributed by atoms with Crippen molar-refractivity contribution in [2.24, 2.45) is 5.92 Å². The predicted molar refractivity (Wildman–Crippen MR) is 128 cm³/mol. The van der Waals surface area contributed by atoms with Crippen LogP contribution in [0.25, 0.3) is 0 Å². The van der Waals surface area contributed by atoms with E-state index in [0.29, 0.717) is 18.2 Å². The number of aliphatic carboxylic acids is 2. The number of hydrogen-bond acceptors (Lipinski definition) is 5. The molecule has 0 atom stereocenters. The minimum atomic E-state index is -1.82. The first kappa shape index (κ1) is 26.9. The molecular formula is C26H34N2O6. The first-order valence-electron chi connectivity index (χ1n) is 11.6. The van der Waals surface area contributed by atoms with E-state index >= 15 is 0 Å². The maximum atomic E-state index is 13.2. The van der Waals surface area contributed by atoms with Gasteiger partial charge >= 0.3 is 11.9 Å². The number of benzene rings is 2. The lowest BCUT2D eigenvalue weighted by Gasteiger charge is -2.34. The molecule has 0 aliphatic carbocycles. The molecule has 3 rings (SSSR count). The van der Waals surface area contributed by atoms with Crippen molar-refractivity contribution in [3.63, 3.8) is 0 Å². The molecule has 3 N–H and O–H groups in total. The fourth-order valence-corrected chi connectivity index (χ4v) is 3.90. The lowest BCUT2D eigenvalue weighted by molar-refractivity contribution is -0.159. The molecule has 2 aromatic rings. The number of carboxylic acids is 2. The number of carboxylic acid groups (broad SMARTS) is 2. The SMILES string of the molecule is CCCCN(Cc1ccccc1)C(=O)C1CCN(Cc2ccccc2O)CC1.O=C(O)C(=O)O. The number of carbonyl (C=O) groups excluding carboxylic acids is 1. The number of unbranched alkanes of at least 4 members (excludes halogenated alkanes) is 1. The monoisotopic (exact) mass is 470 g/mol. The molecule has 0 aromatic heterocycles. The Morgan fingerprint density at radius 3 is 2.09 bits per heavy atom. The first-order valence-corrected chi connectivity index (χ1v) is 11.6. The highest BCUT2D eigenvalue weighted by molar-refractivity contribution is 6.27. The number of piperidine rings is 1. The van der Waals surface area contributed by atoms with E-state index in [4.69, 9.17) is 19.8 Å². The maximum absolute atomic E-state index is 13.2. The van der Waals surface area contributed by atoms with Crippen LogP contribution in [-0.2, 0) is 27.5 Å². The van der Waals surface area contributed by atoms with E-state index in [1.807, 2.05) is 36.4 Å². The Kier molecular flexibility index (Phi) is 11.1. The van der Waals surface area contributed by atoms with Gasteiger partial charge in [-0.15, -0.1) is 0 Å². The molecule has 1 heterocycles. The van der Waals surface area contributed by atoms with Gasteiger partial charge in [0.2, 0.25) is 5.91 Å². The smallest absolute Gasteiger partial charge is 0.414 e. The van der Waals surface area contributed by atoms with Crippen molar-refractivity contribution in [1.82, 2.24) is 9.80 Å². The van der Waals surface area contributed by atoms with Crippen LogP contribution >= 0.6 is 0 Å². The standard InChI is InChI=1S/C24H32N2O2.C2H2O4/c1-2-3-15-26(18-20-9-5-4-6-10-20)24(28)21-13-16-25(17-14-21)19-22-11-7-8-12-23(22)27;3-1(4)2(5)6/h4-12,21,27H,2-3,13-19H2,1H3;(H,3,4)(H,5,6). The van der Waals surface area contributed by atoms with E-state index < -0.39 is 11.9 Å². The van der Waals surface area contributed by atoms with Gasteiger partial charge in [0.1, 0.15) is 5.75 Å². The average molecular weight is 471 g/mol. The molecule has 8 heteroatoms. The van der Waals surface area contributed by atoms with Gasteiger partial charge in [0, 0.05) is 31.1 Å². The third-order valence-corrected chi connectivity index (χ3v) is 5.81. The number of phenolic OH excluding ortho intramolecular Hbond substituents is 1. The second-order valence-corrected chi connectivity index (χ2v) is 8.39. The van der Waals surface area contributed by atoms with Crippen LogP contribution in [0.3, 0.4) is 0 Å². The third kappa shape index (κ3) is 8.86. The highest BCUT2D eigenvalue weighted by Crippen LogP contribution is 2.24. The Hall–Kier alpha value is -3.39. The van der Waals surface area contributed by atoms with Gasteiger partial charge in [0.15, 0.2) is 0 Å². The number of rotatable bonds is 8. The number of para-hydroxylation sites is 1. The summed E-state index contributed by atoms with van der Waals surface area (Å²) < 4.78 is 0. The summed E-state index contributed by atoms with van der Waals surface area (Å²) in [5.41, 5.74) is 2.16. The van der Waals surface area contributed by atoms with Crippen LogP contribution < -0.4 is 0 Å². The number of nitrogens with zero attached hydrogens (tertiary/aromatic N) is 2. The normalized spacial score (nSPS) is 14.0. The molecule has 2 aromatic carbocycles. The average Bonchev–Trinajstić information content (AvgIpc) is 2.84. The Labute approximate surface area is 200 Å². The predicted octanol–water partition coefficient (Wildman–Crippen LogP) is 3.59. The van der Waals surface area contributed by atoms with Gasteiger partial charge < -0.3 is 20.2 Å². The molecule has 1 saturated heterocycles. The number of phenols is 1. The summed E-state index contributed by atoms with van der Waals surface area (Å²) in [6.45, 7) is 6.26. The van der Waals surface area contributed by atoms with Gasteiger partial charge in [-0.25, -0.2) is 9.59 Å². The van der Waals surface area contributed by atoms with E-state index in [1.165, 1.54) is 5.56 Å². The van der Waals surface area contributed by atoms with Crippen molar-refractivity contribution in [2.75, 3.05) is 19.6 Å². The van der Waals surface area contributed by atoms with E-state index in [1.54, 1.807) is 6.07 Å². The summed E-state index contributed by atoms with van der Waals surface area (Å²) in [6, 6.07) is 17.8. The lowest BCUT2D eigenvalue weighted by atomic mass is 9.94. The first-order chi connectivity index (χ1) is 16.3. The van der Waals surface area contributed by atoms with Crippen molar-refractivity contribution < 1.29 is 29.7 Å². The molecule has 34 heavy (non-hydrogen) atoms. The molecule has 1 aliphatic heterocycles. The van der Waals surface area contributed by atoms with Crippen molar-refractivity contribution in [2.45, 2.75) is 45.7 Å². The molecule has 1 amide bonds. The van der Waals surface area contributed by atoms with Crippen LogP contribution in [0.4, 0.5) is 0 Å². The van der Waals surface area contributed by atoms with E-state index in [0.717, 1.165) is 57.4 Å². The van der Waals surface area contributed by atoms with Crippen LogP contribution in [-0.4, -0.2) is 62.6 Å². The quantitative estimate of drug-likeness (QED) is 0.505. The van der Waals surface area contributed by atoms with Gasteiger partial charge in [-0.3, -0.25) is 9.69 Å². The van der Waals surface area contributed by atoms with Crippen molar-refractivity contribution in [3.05, 3.63) is 65.7 Å². The number of likely N-dealkylation sites (tertiary alicyclic amines) is 1. The van der Waals surface area contributed by atoms with E-state index in [-0.39, 0.29) is 5.92 Å². The third-order valence-electron chi connectivity index (χ3n) is 5.81. The van der Waals surface area contributed by atoms with Crippen LogP contribution in [0.2, 0.25) is 0 Å². The highest BCUT2D eigenvalue weighted by atomic mass is 16.4. The minimum absolute atomic E-state index is 0.112. The molecule has 0 bridgehead atoms. The molecule has 184 valence electrons. The Morgan fingerprint density at radius 2 is 1.53 bits per heavy atom. The van der Waals surface area contributed by atoms with Gasteiger partial charge in [0.05, 0.1) is 0 Å². The van der Waals surface area contributed by atoms with Crippen LogP contribution in [0, 0.1) is 5.92 Å². The summed E-state index contributed by atoms with van der Waals surface area (Å²) in [6.07, 6.45) is 3.93. The summed E-state index contributed by atoms with van der Waals surface area (Å²) in [5, 5.41) is 24.8. The lowest BCUT2D eigenvalue weighted by Crippen LogP contribution is -2.42. The maximum Gasteiger partial charge on any atom is 0.414 e. The second kappa shape index (κ2) is 14.0. The number of hydrogen-bond donors (Lipinski definition) is 3. The van der Waals surface area contributed by atoms with Crippen molar-refractivity contribution in [3.8, 4) is 5.75 Å². The van der Waals surface area contributed by atoms with Crippen molar-refractivity contribution >= 4 is 17.8 Å². The van der Waals surface area contributed by atoms with Gasteiger partial charge in [-0.1, -0.05) is 61.9 Å². The summed E-state index contributed by atoms with van der Waals surface area (Å²) in [4.78, 5) is 35.8. The Balaban J connectivity index is 0.000000604. The minimum Gasteiger partial charge on any atom is -0.508 e. The largest absolute Gasteiger partial charge is 0.508 e. The van der Waals surface area contributed by atoms with E-state index in [9.17, 15) is 9.90 Å². The Morgan fingerprint density at radius 1 is 0.941 bits per heavy atom. The zero-order valence-corrected chi connectivity index (χ0v) is 19.6. The van der Waals surface area contributed by atoms with Crippen molar-refractivity contribution in [1.29, 1.82) is 0 Å². The molecular weight excluding hydrogens is 436 g/mol. The highest BCUT2D eigenvalue weighted by Gasteiger charge is 2.28. The molecule has 8 nitrogen and oxygen atoms in total. The summed E-state index contributed by atoms with van der Waals surface area (Å²) >= 11 is 0. The van der Waals surface area contributed by atoms with Crippen LogP contribution in [0.5, 0.6) is 5.75 Å². The molecule has 0 spiro atoms. The fraction of sp³-hybridized carbons (Fsp3) is 0.423. The van der Waals surface area contributed by atoms with E-state index in [2.05, 4.69) is 28.9 Å². The summed E-state index contributed by atoms with van der Waals surface area (Å²) in [5.74, 6) is -2.87. The van der Waals surface area contributed by atoms with Gasteiger partial charge in [-0.05, 0) is 44.0 Å². The van der Waals surface area contributed by atoms with Crippen LogP contribution in [0.1, 0.15) is 43.7 Å². The number of amides is 1. The zero-order valence-electron chi connectivity index (χ0n) is 19.6. The molecule has 0 radical (unpaired) electrons. The number of carbonyl (C=O) groups is 3.